The molecule has 0 saturated heterocycles. The molecule has 0 N–H and O–H groups in total. The van der Waals surface area contributed by atoms with Gasteiger partial charge >= 0.3 is 16.5 Å². The van der Waals surface area contributed by atoms with E-state index in [9.17, 15) is 0 Å². The molecule has 3 heterocycles. The van der Waals surface area contributed by atoms with Gasteiger partial charge in [-0.2, -0.15) is 0 Å². The van der Waals surface area contributed by atoms with Crippen LogP contribution in [0.25, 0.3) is 38.5 Å². The van der Waals surface area contributed by atoms with E-state index in [-0.39, 0.29) is 0 Å². The number of imidazole rings is 1. The molecule has 3 aromatic heterocycles. The molecule has 0 bridgehead atoms. The van der Waals surface area contributed by atoms with Crippen LogP contribution >= 0.6 is 0 Å². The van der Waals surface area contributed by atoms with Crippen molar-refractivity contribution in [2.45, 2.75) is 0 Å². The molecule has 0 aliphatic carbocycles. The van der Waals surface area contributed by atoms with Crippen LogP contribution in [0.1, 0.15) is 0 Å². The highest BCUT2D eigenvalue weighted by Gasteiger charge is 2.10. The third kappa shape index (κ3) is 1.41. The second-order valence-electron chi connectivity index (χ2n) is 5.29. The van der Waals surface area contributed by atoms with E-state index < -0.39 is 0 Å². The molecule has 2 radical (unpaired) electrons. The van der Waals surface area contributed by atoms with Crippen molar-refractivity contribution >= 4 is 55.0 Å². The van der Waals surface area contributed by atoms with Gasteiger partial charge in [0.05, 0.1) is 11.0 Å². The van der Waals surface area contributed by atoms with Crippen LogP contribution in [0.4, 0.5) is 0 Å². The number of fused-ring (bicyclic) bond motifs is 6. The minimum atomic E-state index is 0.982. The van der Waals surface area contributed by atoms with Gasteiger partial charge in [0, 0.05) is 34.1 Å². The van der Waals surface area contributed by atoms with Crippen molar-refractivity contribution in [3.8, 4) is 0 Å². The van der Waals surface area contributed by atoms with Crippen molar-refractivity contribution in [1.82, 2.24) is 12.9 Å². The lowest BCUT2D eigenvalue weighted by atomic mass is 10.2. The standard InChI is InChI=1S/C17H10N3.Al/c1-2-6-13-11(5-1)12-10-20-16-8-4-3-7-14(16)19-17(20)9-15(12)18-13;/h1-10H;/q-1;+1. The number of nitrogens with zero attached hydrogens (tertiary/aromatic N) is 3. The van der Waals surface area contributed by atoms with Gasteiger partial charge in [0.25, 0.3) is 0 Å². The first-order valence-corrected chi connectivity index (χ1v) is 7.40. The summed E-state index contributed by atoms with van der Waals surface area (Å²) in [6.45, 7) is 0. The van der Waals surface area contributed by atoms with E-state index in [1.54, 1.807) is 0 Å². The maximum atomic E-state index is 4.72. The zero-order valence-electron chi connectivity index (χ0n) is 11.2. The summed E-state index contributed by atoms with van der Waals surface area (Å²) in [6.07, 6.45) is 2.20. The second-order valence-corrected chi connectivity index (χ2v) is 5.80. The molecule has 0 aliphatic rings. The smallest absolute Gasteiger partial charge is 0.318 e. The number of pyridine rings is 1. The van der Waals surface area contributed by atoms with Gasteiger partial charge in [-0.25, -0.2) is 4.98 Å². The number of aromatic nitrogens is 3. The third-order valence-corrected chi connectivity index (χ3v) is 4.69. The normalized spacial score (nSPS) is 12.0. The zero-order valence-corrected chi connectivity index (χ0v) is 12.3. The third-order valence-electron chi connectivity index (χ3n) is 4.14. The molecular weight excluding hydrogens is 273 g/mol. The molecular formula is C17H10AlN3. The van der Waals surface area contributed by atoms with Gasteiger partial charge in [-0.05, 0) is 18.2 Å². The molecule has 0 spiro atoms. The Morgan fingerprint density at radius 3 is 2.48 bits per heavy atom. The van der Waals surface area contributed by atoms with Gasteiger partial charge < -0.3 is 3.55 Å². The number of rotatable bonds is 0. The van der Waals surface area contributed by atoms with Gasteiger partial charge in [-0.15, -0.1) is 0 Å². The van der Waals surface area contributed by atoms with Crippen LogP contribution in [0.5, 0.6) is 0 Å². The van der Waals surface area contributed by atoms with Crippen molar-refractivity contribution in [2.75, 3.05) is 0 Å². The molecule has 2 aromatic carbocycles. The molecule has 0 atom stereocenters. The van der Waals surface area contributed by atoms with Crippen LogP contribution in [0, 0.1) is 0 Å². The van der Waals surface area contributed by atoms with E-state index in [2.05, 4.69) is 79.2 Å². The van der Waals surface area contributed by atoms with Gasteiger partial charge in [0.15, 0.2) is 0 Å². The molecule has 0 fully saturated rings. The Labute approximate surface area is 129 Å². The number of hydrogen-bond donors (Lipinski definition) is 0. The summed E-state index contributed by atoms with van der Waals surface area (Å²) in [6, 6.07) is 18.9. The van der Waals surface area contributed by atoms with Crippen molar-refractivity contribution in [3.63, 3.8) is 0 Å². The average Bonchev–Trinajstić information content (AvgIpc) is 3.02. The number of benzene rings is 2. The highest BCUT2D eigenvalue weighted by atomic mass is 27.1. The van der Waals surface area contributed by atoms with E-state index in [0.717, 1.165) is 16.7 Å². The predicted molar refractivity (Wildman–Crippen MR) is 86.9 cm³/mol. The minimum Gasteiger partial charge on any atom is -0.451 e. The number of hydrogen-bond acceptors (Lipinski definition) is 1. The van der Waals surface area contributed by atoms with Gasteiger partial charge in [-0.1, -0.05) is 30.3 Å². The van der Waals surface area contributed by atoms with Crippen molar-refractivity contribution in [3.05, 3.63) is 60.8 Å². The second kappa shape index (κ2) is 3.88. The molecule has 96 valence electrons. The first kappa shape index (κ1) is 11.4. The molecule has 0 saturated carbocycles. The summed E-state index contributed by atoms with van der Waals surface area (Å²) in [4.78, 5) is 4.72. The Bertz CT molecular complexity index is 1150. The van der Waals surface area contributed by atoms with Gasteiger partial charge in [0.2, 0.25) is 0 Å². The molecule has 0 amide bonds. The van der Waals surface area contributed by atoms with Gasteiger partial charge in [-0.3, -0.25) is 4.40 Å². The van der Waals surface area contributed by atoms with Crippen LogP contribution in [0.2, 0.25) is 0 Å². The summed E-state index contributed by atoms with van der Waals surface area (Å²) in [5.41, 5.74) is 5.56. The van der Waals surface area contributed by atoms with E-state index in [4.69, 9.17) is 4.98 Å². The summed E-state index contributed by atoms with van der Waals surface area (Å²) < 4.78 is 4.33. The molecule has 4 heteroatoms. The van der Waals surface area contributed by atoms with Gasteiger partial charge in [0.1, 0.15) is 5.65 Å². The Hall–Kier alpha value is -2.28. The maximum Gasteiger partial charge on any atom is 0.318 e. The first-order valence-electron chi connectivity index (χ1n) is 6.88. The highest BCUT2D eigenvalue weighted by molar-refractivity contribution is 6.22. The summed E-state index contributed by atoms with van der Waals surface area (Å²) in [5.74, 6) is 0. The van der Waals surface area contributed by atoms with Crippen LogP contribution in [-0.2, 0) is 0 Å². The Morgan fingerprint density at radius 2 is 1.57 bits per heavy atom. The van der Waals surface area contributed by atoms with Crippen molar-refractivity contribution in [1.29, 1.82) is 0 Å². The molecule has 21 heavy (non-hydrogen) atoms. The predicted octanol–water partition coefficient (Wildman–Crippen LogP) is 3.53. The van der Waals surface area contributed by atoms with E-state index in [0.29, 0.717) is 0 Å². The fourth-order valence-electron chi connectivity index (χ4n) is 3.14. The quantitative estimate of drug-likeness (QED) is 0.399. The summed E-state index contributed by atoms with van der Waals surface area (Å²) >= 11 is 2.80. The highest BCUT2D eigenvalue weighted by Crippen LogP contribution is 2.29. The van der Waals surface area contributed by atoms with E-state index >= 15 is 0 Å². The molecule has 0 unspecified atom stereocenters. The zero-order chi connectivity index (χ0) is 14.0. The van der Waals surface area contributed by atoms with Crippen LogP contribution in [0.3, 0.4) is 0 Å². The Morgan fingerprint density at radius 1 is 0.810 bits per heavy atom. The topological polar surface area (TPSA) is 22.2 Å². The maximum absolute atomic E-state index is 4.72. The minimum absolute atomic E-state index is 0.982. The Balaban J connectivity index is 2.08. The average molecular weight is 283 g/mol. The summed E-state index contributed by atoms with van der Waals surface area (Å²) in [5, 5.41) is 2.51. The van der Waals surface area contributed by atoms with Crippen LogP contribution in [-0.4, -0.2) is 29.4 Å². The molecule has 5 aromatic rings. The lowest BCUT2D eigenvalue weighted by Gasteiger charge is -2.00. The lowest BCUT2D eigenvalue weighted by Crippen LogP contribution is -1.91. The molecule has 3 nitrogen and oxygen atoms in total. The monoisotopic (exact) mass is 283 g/mol. The largest absolute Gasteiger partial charge is 0.451 e. The SMILES string of the molecule is [Al][n]1c2ccccc2c2cn3c(cc21)nc1ccccc13. The van der Waals surface area contributed by atoms with E-state index in [1.165, 1.54) is 21.8 Å². The van der Waals surface area contributed by atoms with E-state index in [1.807, 2.05) is 6.07 Å². The number of para-hydroxylation sites is 3. The van der Waals surface area contributed by atoms with Crippen molar-refractivity contribution < 1.29 is 0 Å². The lowest BCUT2D eigenvalue weighted by molar-refractivity contribution is 1.24. The first-order chi connectivity index (χ1) is 10.3. The van der Waals surface area contributed by atoms with Crippen molar-refractivity contribution in [2.24, 2.45) is 0 Å². The summed E-state index contributed by atoms with van der Waals surface area (Å²) in [7, 11) is 0. The molecule has 5 rings (SSSR count). The Kier molecular flexibility index (Phi) is 2.11. The van der Waals surface area contributed by atoms with Crippen LogP contribution in [0.15, 0.2) is 60.8 Å². The fraction of sp³-hybridized carbons (Fsp3) is 0. The fourth-order valence-corrected chi connectivity index (χ4v) is 3.58. The van der Waals surface area contributed by atoms with Crippen LogP contribution < -0.4 is 0 Å². The molecule has 0 aliphatic heterocycles.